The number of hydrogen-bond donors (Lipinski definition) is 1. The van der Waals surface area contributed by atoms with Gasteiger partial charge >= 0.3 is 0 Å². The average Bonchev–Trinajstić information content (AvgIpc) is 3.23. The second-order valence-electron chi connectivity index (χ2n) is 7.06. The molecule has 0 amide bonds. The molecule has 0 radical (unpaired) electrons. The van der Waals surface area contributed by atoms with Gasteiger partial charge in [0.1, 0.15) is 5.75 Å². The summed E-state index contributed by atoms with van der Waals surface area (Å²) in [6.07, 6.45) is 6.31. The lowest BCUT2D eigenvalue weighted by Gasteiger charge is -2.37. The van der Waals surface area contributed by atoms with Crippen LogP contribution in [0.1, 0.15) is 24.4 Å². The summed E-state index contributed by atoms with van der Waals surface area (Å²) in [6, 6.07) is 16.7. The summed E-state index contributed by atoms with van der Waals surface area (Å²) in [5.41, 5.74) is 5.24. The first-order valence-corrected chi connectivity index (χ1v) is 8.96. The fourth-order valence-corrected chi connectivity index (χ4v) is 4.49. The van der Waals surface area contributed by atoms with Crippen molar-refractivity contribution in [2.45, 2.75) is 18.9 Å². The topological polar surface area (TPSA) is 41.3 Å². The number of benzene rings is 2. The van der Waals surface area contributed by atoms with Crippen molar-refractivity contribution in [1.29, 1.82) is 0 Å². The van der Waals surface area contributed by atoms with Crippen LogP contribution in [-0.4, -0.2) is 27.7 Å². The predicted octanol–water partition coefficient (Wildman–Crippen LogP) is 4.08. The number of nitrogens with zero attached hydrogens (tertiary/aromatic N) is 3. The van der Waals surface area contributed by atoms with E-state index in [1.54, 1.807) is 12.1 Å². The van der Waals surface area contributed by atoms with E-state index in [1.807, 2.05) is 24.7 Å². The third kappa shape index (κ3) is 2.32. The van der Waals surface area contributed by atoms with E-state index in [-0.39, 0.29) is 0 Å². The third-order valence-corrected chi connectivity index (χ3v) is 5.72. The molecule has 0 saturated carbocycles. The normalized spacial score (nSPS) is 19.7. The third-order valence-electron chi connectivity index (χ3n) is 5.72. The molecular weight excluding hydrogens is 310 g/mol. The first kappa shape index (κ1) is 14.6. The van der Waals surface area contributed by atoms with E-state index in [0.29, 0.717) is 17.7 Å². The molecule has 5 rings (SSSR count). The molecule has 3 heterocycles. The fourth-order valence-electron chi connectivity index (χ4n) is 4.49. The number of hydrogen-bond acceptors (Lipinski definition) is 3. The Kier molecular flexibility index (Phi) is 3.30. The Morgan fingerprint density at radius 3 is 2.52 bits per heavy atom. The lowest BCUT2D eigenvalue weighted by atomic mass is 9.85. The molecule has 4 nitrogen and oxygen atoms in total. The molecule has 126 valence electrons. The minimum absolute atomic E-state index is 0.328. The summed E-state index contributed by atoms with van der Waals surface area (Å²) in [4.78, 5) is 6.81. The van der Waals surface area contributed by atoms with Crippen molar-refractivity contribution in [3.63, 3.8) is 0 Å². The van der Waals surface area contributed by atoms with Crippen molar-refractivity contribution in [3.8, 4) is 17.0 Å². The molecule has 4 heteroatoms. The van der Waals surface area contributed by atoms with Crippen molar-refractivity contribution in [3.05, 3.63) is 66.6 Å². The molecular formula is C21H21N3O. The number of phenols is 1. The molecule has 0 bridgehead atoms. The molecule has 1 saturated heterocycles. The lowest BCUT2D eigenvalue weighted by Crippen LogP contribution is -2.36. The largest absolute Gasteiger partial charge is 0.508 e. The molecule has 0 spiro atoms. The van der Waals surface area contributed by atoms with Crippen LogP contribution in [0, 0.1) is 5.92 Å². The van der Waals surface area contributed by atoms with Gasteiger partial charge in [-0.1, -0.05) is 24.3 Å². The van der Waals surface area contributed by atoms with Crippen molar-refractivity contribution in [2.24, 2.45) is 5.92 Å². The first-order chi connectivity index (χ1) is 12.3. The highest BCUT2D eigenvalue weighted by molar-refractivity contribution is 5.69. The zero-order valence-electron chi connectivity index (χ0n) is 14.0. The monoisotopic (exact) mass is 331 g/mol. The van der Waals surface area contributed by atoms with E-state index in [0.717, 1.165) is 25.9 Å². The van der Waals surface area contributed by atoms with Crippen LogP contribution in [-0.2, 0) is 0 Å². The Bertz CT molecular complexity index is 892. The number of fused-ring (bicyclic) bond motifs is 3. The highest BCUT2D eigenvalue weighted by atomic mass is 16.3. The van der Waals surface area contributed by atoms with Crippen LogP contribution >= 0.6 is 0 Å². The minimum atomic E-state index is 0.328. The maximum absolute atomic E-state index is 9.48. The fraction of sp³-hybridized carbons (Fsp3) is 0.286. The molecule has 2 aliphatic rings. The highest BCUT2D eigenvalue weighted by Crippen LogP contribution is 2.45. The molecule has 2 aliphatic heterocycles. The van der Waals surface area contributed by atoms with Gasteiger partial charge in [-0.05, 0) is 48.6 Å². The van der Waals surface area contributed by atoms with Crippen LogP contribution < -0.4 is 4.90 Å². The van der Waals surface area contributed by atoms with Crippen LogP contribution in [0.3, 0.4) is 0 Å². The van der Waals surface area contributed by atoms with E-state index in [2.05, 4.69) is 38.7 Å². The molecule has 1 atom stereocenters. The number of piperidine rings is 1. The highest BCUT2D eigenvalue weighted by Gasteiger charge is 2.35. The van der Waals surface area contributed by atoms with Gasteiger partial charge in [-0.3, -0.25) is 0 Å². The molecule has 25 heavy (non-hydrogen) atoms. The Morgan fingerprint density at radius 2 is 1.72 bits per heavy atom. The van der Waals surface area contributed by atoms with E-state index >= 15 is 0 Å². The maximum Gasteiger partial charge on any atom is 0.115 e. The van der Waals surface area contributed by atoms with E-state index in [4.69, 9.17) is 0 Å². The van der Waals surface area contributed by atoms with Crippen molar-refractivity contribution >= 4 is 5.69 Å². The van der Waals surface area contributed by atoms with E-state index in [9.17, 15) is 5.11 Å². The summed E-state index contributed by atoms with van der Waals surface area (Å²) in [7, 11) is 0. The van der Waals surface area contributed by atoms with Gasteiger partial charge in [0.05, 0.1) is 24.3 Å². The number of rotatable bonds is 2. The Morgan fingerprint density at radius 1 is 0.960 bits per heavy atom. The second kappa shape index (κ2) is 5.66. The van der Waals surface area contributed by atoms with E-state index < -0.39 is 0 Å². The Labute approximate surface area is 147 Å². The van der Waals surface area contributed by atoms with Crippen LogP contribution in [0.4, 0.5) is 5.69 Å². The smallest absolute Gasteiger partial charge is 0.115 e. The average molecular weight is 331 g/mol. The van der Waals surface area contributed by atoms with Crippen LogP contribution in [0.25, 0.3) is 11.3 Å². The van der Waals surface area contributed by atoms with Gasteiger partial charge in [-0.25, -0.2) is 4.98 Å². The molecule has 3 aromatic rings. The standard InChI is InChI=1S/C21H21N3O/c25-17-7-5-16(6-8-17)23-11-9-15(10-12-23)21-19-4-2-1-3-18(19)20-13-22-14-24(20)21/h1-8,13-15,21,25H,9-12H2. The molecule has 1 N–H and O–H groups in total. The van der Waals surface area contributed by atoms with Gasteiger partial charge in [0.25, 0.3) is 0 Å². The van der Waals surface area contributed by atoms with Gasteiger partial charge in [0.15, 0.2) is 0 Å². The van der Waals surface area contributed by atoms with Gasteiger partial charge in [0, 0.05) is 24.3 Å². The van der Waals surface area contributed by atoms with Gasteiger partial charge in [-0.2, -0.15) is 0 Å². The molecule has 0 aliphatic carbocycles. The SMILES string of the molecule is Oc1ccc(N2CCC(C3c4ccccc4-c4cncn43)CC2)cc1. The predicted molar refractivity (Wildman–Crippen MR) is 98.8 cm³/mol. The second-order valence-corrected chi connectivity index (χ2v) is 7.06. The number of anilines is 1. The Balaban J connectivity index is 1.39. The Hall–Kier alpha value is -2.75. The van der Waals surface area contributed by atoms with E-state index in [1.165, 1.54) is 22.5 Å². The first-order valence-electron chi connectivity index (χ1n) is 8.96. The summed E-state index contributed by atoms with van der Waals surface area (Å²) in [5.74, 6) is 0.957. The zero-order chi connectivity index (χ0) is 16.8. The van der Waals surface area contributed by atoms with Gasteiger partial charge in [-0.15, -0.1) is 0 Å². The summed E-state index contributed by atoms with van der Waals surface area (Å²) in [5, 5.41) is 9.48. The quantitative estimate of drug-likeness (QED) is 0.769. The number of aromatic hydroxyl groups is 1. The maximum atomic E-state index is 9.48. The summed E-state index contributed by atoms with van der Waals surface area (Å²) < 4.78 is 2.37. The number of phenolic OH excluding ortho intramolecular Hbond substituents is 1. The minimum Gasteiger partial charge on any atom is -0.508 e. The molecule has 1 fully saturated rings. The molecule has 1 unspecified atom stereocenters. The van der Waals surface area contributed by atoms with Crippen LogP contribution in [0.15, 0.2) is 61.1 Å². The van der Waals surface area contributed by atoms with Crippen molar-refractivity contribution < 1.29 is 5.11 Å². The van der Waals surface area contributed by atoms with Gasteiger partial charge in [0.2, 0.25) is 0 Å². The summed E-state index contributed by atoms with van der Waals surface area (Å²) >= 11 is 0. The number of aromatic nitrogens is 2. The van der Waals surface area contributed by atoms with Gasteiger partial charge < -0.3 is 14.6 Å². The lowest BCUT2D eigenvalue weighted by molar-refractivity contribution is 0.317. The zero-order valence-corrected chi connectivity index (χ0v) is 14.0. The number of imidazole rings is 1. The van der Waals surface area contributed by atoms with Crippen LogP contribution in [0.2, 0.25) is 0 Å². The van der Waals surface area contributed by atoms with Crippen molar-refractivity contribution in [1.82, 2.24) is 9.55 Å². The molecule has 2 aromatic carbocycles. The molecule has 1 aromatic heterocycles. The summed E-state index contributed by atoms with van der Waals surface area (Å²) in [6.45, 7) is 2.11. The van der Waals surface area contributed by atoms with Crippen LogP contribution in [0.5, 0.6) is 5.75 Å². The van der Waals surface area contributed by atoms with Crippen molar-refractivity contribution in [2.75, 3.05) is 18.0 Å².